The summed E-state index contributed by atoms with van der Waals surface area (Å²) in [5, 5.41) is 3.62. The van der Waals surface area contributed by atoms with Crippen molar-refractivity contribution in [3.63, 3.8) is 0 Å². The van der Waals surface area contributed by atoms with Crippen LogP contribution in [0.5, 0.6) is 0 Å². The predicted octanol–water partition coefficient (Wildman–Crippen LogP) is 3.77. The van der Waals surface area contributed by atoms with E-state index in [-0.39, 0.29) is 0 Å². The van der Waals surface area contributed by atoms with E-state index in [0.717, 1.165) is 19.6 Å². The van der Waals surface area contributed by atoms with Gasteiger partial charge < -0.3 is 5.32 Å². The zero-order valence-electron chi connectivity index (χ0n) is 13.2. The molecule has 0 aliphatic carbocycles. The average molecular weight is 262 g/mol. The molecule has 108 valence electrons. The van der Waals surface area contributed by atoms with Gasteiger partial charge in [0, 0.05) is 18.6 Å². The summed E-state index contributed by atoms with van der Waals surface area (Å²) in [6.45, 7) is 14.4. The van der Waals surface area contributed by atoms with Crippen LogP contribution in [0.15, 0.2) is 24.3 Å². The van der Waals surface area contributed by atoms with Crippen LogP contribution >= 0.6 is 0 Å². The van der Waals surface area contributed by atoms with Gasteiger partial charge in [0.2, 0.25) is 0 Å². The Labute approximate surface area is 119 Å². The molecule has 19 heavy (non-hydrogen) atoms. The molecule has 0 saturated carbocycles. The Balaban J connectivity index is 2.79. The Morgan fingerprint density at radius 3 is 2.21 bits per heavy atom. The number of hydrogen-bond acceptors (Lipinski definition) is 2. The van der Waals surface area contributed by atoms with Gasteiger partial charge in [0.1, 0.15) is 0 Å². The fourth-order valence-electron chi connectivity index (χ4n) is 2.45. The van der Waals surface area contributed by atoms with E-state index in [0.29, 0.717) is 12.1 Å². The molecule has 0 spiro atoms. The van der Waals surface area contributed by atoms with Crippen LogP contribution in [0.25, 0.3) is 0 Å². The number of nitrogens with zero attached hydrogens (tertiary/aromatic N) is 1. The van der Waals surface area contributed by atoms with Crippen LogP contribution in [-0.4, -0.2) is 30.6 Å². The zero-order chi connectivity index (χ0) is 14.3. The third-order valence-corrected chi connectivity index (χ3v) is 3.97. The lowest BCUT2D eigenvalue weighted by molar-refractivity contribution is 0.192. The predicted molar refractivity (Wildman–Crippen MR) is 84.6 cm³/mol. The van der Waals surface area contributed by atoms with E-state index < -0.39 is 0 Å². The SMILES string of the molecule is CCNC(CN(CC)C(C)CC)c1ccc(C)cc1. The number of rotatable bonds is 8. The third-order valence-electron chi connectivity index (χ3n) is 3.97. The quantitative estimate of drug-likeness (QED) is 0.767. The van der Waals surface area contributed by atoms with Crippen LogP contribution in [0.1, 0.15) is 51.3 Å². The first-order valence-electron chi connectivity index (χ1n) is 7.66. The first-order chi connectivity index (χ1) is 9.12. The fourth-order valence-corrected chi connectivity index (χ4v) is 2.45. The molecule has 0 heterocycles. The molecular weight excluding hydrogens is 232 g/mol. The van der Waals surface area contributed by atoms with Gasteiger partial charge in [-0.2, -0.15) is 0 Å². The first kappa shape index (κ1) is 16.2. The molecule has 0 radical (unpaired) electrons. The molecule has 2 heteroatoms. The van der Waals surface area contributed by atoms with Gasteiger partial charge in [0.25, 0.3) is 0 Å². The van der Waals surface area contributed by atoms with Gasteiger partial charge in [-0.1, -0.05) is 50.6 Å². The van der Waals surface area contributed by atoms with Crippen molar-refractivity contribution < 1.29 is 0 Å². The van der Waals surface area contributed by atoms with E-state index in [1.165, 1.54) is 17.5 Å². The Morgan fingerprint density at radius 1 is 1.11 bits per heavy atom. The average Bonchev–Trinajstić information content (AvgIpc) is 2.43. The number of aryl methyl sites for hydroxylation is 1. The normalized spacial score (nSPS) is 14.6. The summed E-state index contributed by atoms with van der Waals surface area (Å²) in [6, 6.07) is 10.0. The minimum atomic E-state index is 0.430. The molecule has 1 aromatic rings. The van der Waals surface area contributed by atoms with Crippen LogP contribution in [0.4, 0.5) is 0 Å². The van der Waals surface area contributed by atoms with E-state index in [9.17, 15) is 0 Å². The third kappa shape index (κ3) is 4.96. The smallest absolute Gasteiger partial charge is 0.0449 e. The topological polar surface area (TPSA) is 15.3 Å². The molecule has 1 aromatic carbocycles. The summed E-state index contributed by atoms with van der Waals surface area (Å²) in [5.41, 5.74) is 2.72. The maximum atomic E-state index is 3.62. The van der Waals surface area contributed by atoms with Gasteiger partial charge in [0.15, 0.2) is 0 Å². The first-order valence-corrected chi connectivity index (χ1v) is 7.66. The van der Waals surface area contributed by atoms with Crippen LogP contribution in [-0.2, 0) is 0 Å². The Bertz CT molecular complexity index is 345. The molecule has 0 amide bonds. The summed E-state index contributed by atoms with van der Waals surface area (Å²) in [4.78, 5) is 2.56. The lowest BCUT2D eigenvalue weighted by atomic mass is 10.0. The lowest BCUT2D eigenvalue weighted by Crippen LogP contribution is -2.40. The molecular formula is C17H30N2. The molecule has 0 bridgehead atoms. The number of nitrogens with one attached hydrogen (secondary N) is 1. The summed E-state index contributed by atoms with van der Waals surface area (Å²) >= 11 is 0. The van der Waals surface area contributed by atoms with Crippen molar-refractivity contribution in [2.24, 2.45) is 0 Å². The van der Waals surface area contributed by atoms with E-state index >= 15 is 0 Å². The maximum absolute atomic E-state index is 3.62. The lowest BCUT2D eigenvalue weighted by Gasteiger charge is -2.31. The fraction of sp³-hybridized carbons (Fsp3) is 0.647. The molecule has 1 N–H and O–H groups in total. The van der Waals surface area contributed by atoms with Crippen molar-refractivity contribution >= 4 is 0 Å². The highest BCUT2D eigenvalue weighted by atomic mass is 15.2. The standard InChI is InChI=1S/C17H30N2/c1-6-15(5)19(8-3)13-17(18-7-2)16-11-9-14(4)10-12-16/h9-12,15,17-18H,6-8,13H2,1-5H3. The number of benzene rings is 1. The van der Waals surface area contributed by atoms with Gasteiger partial charge in [-0.25, -0.2) is 0 Å². The van der Waals surface area contributed by atoms with Crippen molar-refractivity contribution in [2.75, 3.05) is 19.6 Å². The van der Waals surface area contributed by atoms with Crippen molar-refractivity contribution in [1.29, 1.82) is 0 Å². The van der Waals surface area contributed by atoms with Gasteiger partial charge >= 0.3 is 0 Å². The van der Waals surface area contributed by atoms with E-state index in [1.54, 1.807) is 0 Å². The Morgan fingerprint density at radius 2 is 1.74 bits per heavy atom. The minimum absolute atomic E-state index is 0.430. The van der Waals surface area contributed by atoms with Crippen molar-refractivity contribution in [3.05, 3.63) is 35.4 Å². The second-order valence-corrected chi connectivity index (χ2v) is 5.37. The highest BCUT2D eigenvalue weighted by Gasteiger charge is 2.17. The molecule has 2 nitrogen and oxygen atoms in total. The van der Waals surface area contributed by atoms with Gasteiger partial charge in [-0.15, -0.1) is 0 Å². The molecule has 2 atom stereocenters. The Kier molecular flexibility index (Phi) is 7.11. The highest BCUT2D eigenvalue weighted by Crippen LogP contribution is 2.17. The van der Waals surface area contributed by atoms with E-state index in [2.05, 4.69) is 69.1 Å². The largest absolute Gasteiger partial charge is 0.309 e. The van der Waals surface area contributed by atoms with Crippen molar-refractivity contribution in [2.45, 2.75) is 53.1 Å². The molecule has 0 fully saturated rings. The highest BCUT2D eigenvalue weighted by molar-refractivity contribution is 5.24. The second kappa shape index (κ2) is 8.34. The minimum Gasteiger partial charge on any atom is -0.309 e. The number of likely N-dealkylation sites (N-methyl/N-ethyl adjacent to an activating group) is 2. The molecule has 0 aliphatic heterocycles. The van der Waals surface area contributed by atoms with Gasteiger partial charge in [-0.3, -0.25) is 4.90 Å². The van der Waals surface area contributed by atoms with Gasteiger partial charge in [-0.05, 0) is 38.9 Å². The zero-order valence-corrected chi connectivity index (χ0v) is 13.2. The second-order valence-electron chi connectivity index (χ2n) is 5.37. The summed E-state index contributed by atoms with van der Waals surface area (Å²) < 4.78 is 0. The molecule has 0 aromatic heterocycles. The van der Waals surface area contributed by atoms with Gasteiger partial charge in [0.05, 0.1) is 0 Å². The summed E-state index contributed by atoms with van der Waals surface area (Å²) in [5.74, 6) is 0. The molecule has 0 aliphatic rings. The van der Waals surface area contributed by atoms with E-state index in [4.69, 9.17) is 0 Å². The Hall–Kier alpha value is -0.860. The van der Waals surface area contributed by atoms with Crippen LogP contribution < -0.4 is 5.32 Å². The summed E-state index contributed by atoms with van der Waals surface area (Å²) in [6.07, 6.45) is 1.21. The van der Waals surface area contributed by atoms with Crippen LogP contribution in [0, 0.1) is 6.92 Å². The van der Waals surface area contributed by atoms with Crippen molar-refractivity contribution in [1.82, 2.24) is 10.2 Å². The molecule has 2 unspecified atom stereocenters. The molecule has 0 saturated heterocycles. The monoisotopic (exact) mass is 262 g/mol. The van der Waals surface area contributed by atoms with Crippen LogP contribution in [0.2, 0.25) is 0 Å². The van der Waals surface area contributed by atoms with Crippen molar-refractivity contribution in [3.8, 4) is 0 Å². The summed E-state index contributed by atoms with van der Waals surface area (Å²) in [7, 11) is 0. The number of hydrogen-bond donors (Lipinski definition) is 1. The maximum Gasteiger partial charge on any atom is 0.0449 e. The van der Waals surface area contributed by atoms with Crippen LogP contribution in [0.3, 0.4) is 0 Å². The van der Waals surface area contributed by atoms with E-state index in [1.807, 2.05) is 0 Å². The molecule has 1 rings (SSSR count).